The van der Waals surface area contributed by atoms with Gasteiger partial charge in [0, 0.05) is 35.4 Å². The van der Waals surface area contributed by atoms with Crippen molar-refractivity contribution in [2.75, 3.05) is 6.54 Å². The molecule has 20 heavy (non-hydrogen) atoms. The van der Waals surface area contributed by atoms with E-state index in [1.54, 1.807) is 0 Å². The third-order valence-electron chi connectivity index (χ3n) is 5.68. The molecule has 0 aromatic heterocycles. The van der Waals surface area contributed by atoms with Crippen molar-refractivity contribution in [2.45, 2.75) is 83.5 Å². The third-order valence-corrected chi connectivity index (χ3v) is 79.8. The van der Waals surface area contributed by atoms with Crippen LogP contribution in [0.2, 0.25) is 65.0 Å². The molecule has 2 nitrogen and oxygen atoms in total. The van der Waals surface area contributed by atoms with E-state index in [-0.39, 0.29) is 6.10 Å². The average Bonchev–Trinajstić information content (AvgIpc) is 2.04. The van der Waals surface area contributed by atoms with E-state index in [0.29, 0.717) is 6.04 Å². The zero-order valence-corrected chi connectivity index (χ0v) is 19.2. The van der Waals surface area contributed by atoms with Crippen molar-refractivity contribution in [1.29, 1.82) is 0 Å². The number of hydrogen-bond acceptors (Lipinski definition) is 2. The summed E-state index contributed by atoms with van der Waals surface area (Å²) in [5, 5.41) is 14.3. The van der Waals surface area contributed by atoms with Gasteiger partial charge in [0.15, 0.2) is 0 Å². The molecular weight excluding hydrogens is 311 g/mol. The number of aliphatic hydroxyl groups excluding tert-OH is 1. The van der Waals surface area contributed by atoms with Gasteiger partial charge in [-0.2, -0.15) is 0 Å². The summed E-state index contributed by atoms with van der Waals surface area (Å²) in [5.74, 6) is 0. The van der Waals surface area contributed by atoms with Crippen molar-refractivity contribution in [3.63, 3.8) is 0 Å². The molecule has 0 aromatic carbocycles. The van der Waals surface area contributed by atoms with Crippen molar-refractivity contribution < 1.29 is 5.11 Å². The second kappa shape index (κ2) is 5.77. The number of hydrogen-bond donors (Lipinski definition) is 2. The van der Waals surface area contributed by atoms with Gasteiger partial charge in [0.05, 0.1) is 6.10 Å². The Hall–Kier alpha value is 0.788. The Kier molecular flexibility index (Phi) is 5.44. The number of nitrogens with one attached hydrogen (secondary N) is 1. The van der Waals surface area contributed by atoms with Gasteiger partial charge in [-0.15, -0.1) is 0 Å². The minimum absolute atomic E-state index is 0.0828. The molecule has 120 valence electrons. The van der Waals surface area contributed by atoms with Gasteiger partial charge < -0.3 is 10.4 Å². The van der Waals surface area contributed by atoms with E-state index in [1.165, 1.54) is 12.5 Å². The molecule has 1 saturated heterocycles. The van der Waals surface area contributed by atoms with Gasteiger partial charge in [0.2, 0.25) is 0 Å². The van der Waals surface area contributed by atoms with Crippen LogP contribution < -0.4 is 5.32 Å². The molecule has 0 saturated carbocycles. The van der Waals surface area contributed by atoms with Crippen LogP contribution >= 0.6 is 0 Å². The first-order valence-corrected chi connectivity index (χ1v) is 23.9. The molecule has 1 fully saturated rings. The van der Waals surface area contributed by atoms with Crippen molar-refractivity contribution in [3.05, 3.63) is 0 Å². The fourth-order valence-electron chi connectivity index (χ4n) is 5.39. The Balaban J connectivity index is 3.23. The van der Waals surface area contributed by atoms with Gasteiger partial charge in [0.25, 0.3) is 0 Å². The third kappa shape index (κ3) is 3.25. The highest BCUT2D eigenvalue weighted by molar-refractivity contribution is 7.89. The van der Waals surface area contributed by atoms with Crippen LogP contribution in [0.4, 0.5) is 0 Å². The Bertz CT molecular complexity index is 301. The van der Waals surface area contributed by atoms with E-state index in [2.05, 4.69) is 64.2 Å². The molecule has 0 unspecified atom stereocenters. The lowest BCUT2D eigenvalue weighted by atomic mass is 10.0. The Morgan fingerprint density at radius 1 is 0.900 bits per heavy atom. The highest BCUT2D eigenvalue weighted by atomic mass is 29.9. The van der Waals surface area contributed by atoms with Crippen LogP contribution in [0.3, 0.4) is 0 Å². The van der Waals surface area contributed by atoms with Gasteiger partial charge in [0.1, 0.15) is 0 Å². The molecule has 0 amide bonds. The Morgan fingerprint density at radius 2 is 1.25 bits per heavy atom. The molecule has 0 radical (unpaired) electrons. The van der Waals surface area contributed by atoms with Crippen molar-refractivity contribution >= 4 is 29.4 Å². The largest absolute Gasteiger partial charge is 0.392 e. The van der Waals surface area contributed by atoms with Crippen LogP contribution in [0.1, 0.15) is 6.42 Å². The maximum Gasteiger partial charge on any atom is 0.0664 e. The van der Waals surface area contributed by atoms with Crippen LogP contribution in [0.15, 0.2) is 0 Å². The lowest BCUT2D eigenvalue weighted by molar-refractivity contribution is 0.111. The number of rotatable bonds is 6. The van der Waals surface area contributed by atoms with Gasteiger partial charge in [-0.1, -0.05) is 58.9 Å². The molecule has 6 heteroatoms. The summed E-state index contributed by atoms with van der Waals surface area (Å²) in [6.07, 6.45) is 1.09. The second-order valence-electron chi connectivity index (χ2n) is 9.78. The lowest BCUT2D eigenvalue weighted by Gasteiger charge is -2.59. The van der Waals surface area contributed by atoms with Crippen LogP contribution in [-0.4, -0.2) is 53.2 Å². The minimum Gasteiger partial charge on any atom is -0.392 e. The standard InChI is InChI=1S/C14H37NOSi4/c1-17(2,3)20(18(4,5)6,19(7,8)9)12-14(16)13-10-11-15-13/h13-16H,10-12H2,1-9H3/t13-,14+/m0/s1. The second-order valence-corrected chi connectivity index (χ2v) is 51.2. The SMILES string of the molecule is C[Si](C)(C)[Si](C[C@@H](O)[C@@H]1CCN1)([Si](C)(C)C)[Si](C)(C)C. The molecular formula is C14H37NOSi4. The van der Waals surface area contributed by atoms with E-state index >= 15 is 0 Å². The zero-order valence-electron chi connectivity index (χ0n) is 15.2. The summed E-state index contributed by atoms with van der Waals surface area (Å²) in [6.45, 7) is 23.2. The maximum atomic E-state index is 10.8. The Morgan fingerprint density at radius 3 is 1.45 bits per heavy atom. The summed E-state index contributed by atoms with van der Waals surface area (Å²) in [5.41, 5.74) is 0. The summed E-state index contributed by atoms with van der Waals surface area (Å²) < 4.78 is 0. The molecule has 0 aliphatic carbocycles. The highest BCUT2D eigenvalue weighted by Crippen LogP contribution is 2.41. The number of aliphatic hydroxyl groups is 1. The first kappa shape index (κ1) is 18.8. The lowest BCUT2D eigenvalue weighted by Crippen LogP contribution is -2.83. The molecule has 1 aliphatic heterocycles. The van der Waals surface area contributed by atoms with E-state index in [4.69, 9.17) is 0 Å². The topological polar surface area (TPSA) is 32.3 Å². The fraction of sp³-hybridized carbons (Fsp3) is 1.00. The molecule has 0 bridgehead atoms. The predicted molar refractivity (Wildman–Crippen MR) is 103 cm³/mol. The first-order chi connectivity index (χ1) is 8.74. The first-order valence-electron chi connectivity index (χ1n) is 8.15. The van der Waals surface area contributed by atoms with Gasteiger partial charge in [-0.3, -0.25) is 0 Å². The predicted octanol–water partition coefficient (Wildman–Crippen LogP) is 3.41. The smallest absolute Gasteiger partial charge is 0.0664 e. The van der Waals surface area contributed by atoms with Gasteiger partial charge >= 0.3 is 0 Å². The van der Waals surface area contributed by atoms with E-state index in [0.717, 1.165) is 6.54 Å². The maximum absolute atomic E-state index is 10.8. The van der Waals surface area contributed by atoms with Crippen molar-refractivity contribution in [2.24, 2.45) is 0 Å². The monoisotopic (exact) mass is 347 g/mol. The zero-order chi connectivity index (χ0) is 16.0. The molecule has 0 aromatic rings. The minimum atomic E-state index is -1.38. The average molecular weight is 348 g/mol. The van der Waals surface area contributed by atoms with E-state index in [1.807, 2.05) is 0 Å². The highest BCUT2D eigenvalue weighted by Gasteiger charge is 2.62. The van der Waals surface area contributed by atoms with Crippen LogP contribution in [0.5, 0.6) is 0 Å². The van der Waals surface area contributed by atoms with Crippen molar-refractivity contribution in [3.8, 4) is 0 Å². The van der Waals surface area contributed by atoms with Gasteiger partial charge in [-0.05, 0) is 19.0 Å². The summed E-state index contributed by atoms with van der Waals surface area (Å²) in [6, 6.07) is 1.58. The van der Waals surface area contributed by atoms with Gasteiger partial charge in [-0.25, -0.2) is 0 Å². The van der Waals surface area contributed by atoms with Crippen molar-refractivity contribution in [1.82, 2.24) is 5.32 Å². The fourth-order valence-corrected chi connectivity index (χ4v) is 103. The molecule has 1 rings (SSSR count). The van der Waals surface area contributed by atoms with E-state index in [9.17, 15) is 5.11 Å². The normalized spacial score (nSPS) is 23.4. The van der Waals surface area contributed by atoms with Crippen LogP contribution in [0, 0.1) is 0 Å². The summed E-state index contributed by atoms with van der Waals surface area (Å²) in [7, 11) is -3.69. The molecule has 2 N–H and O–H groups in total. The molecule has 2 atom stereocenters. The molecule has 1 aliphatic rings. The molecule has 1 heterocycles. The summed E-state index contributed by atoms with van der Waals surface area (Å²) in [4.78, 5) is 0. The quantitative estimate of drug-likeness (QED) is 0.722. The summed E-state index contributed by atoms with van der Waals surface area (Å²) >= 11 is 0. The van der Waals surface area contributed by atoms with Crippen LogP contribution in [0.25, 0.3) is 0 Å². The van der Waals surface area contributed by atoms with E-state index < -0.39 is 29.4 Å². The molecule has 0 spiro atoms. The Labute approximate surface area is 130 Å². The van der Waals surface area contributed by atoms with Crippen LogP contribution in [-0.2, 0) is 0 Å².